The number of nitrogens with one attached hydrogen (secondary N) is 1. The maximum atomic E-state index is 14.7. The molecule has 3 nitrogen and oxygen atoms in total. The van der Waals surface area contributed by atoms with E-state index in [9.17, 15) is 4.39 Å². The predicted molar refractivity (Wildman–Crippen MR) is 99.1 cm³/mol. The molecule has 3 rings (SSSR count). The smallest absolute Gasteiger partial charge is 0.148 e. The van der Waals surface area contributed by atoms with Crippen molar-refractivity contribution >= 4 is 11.4 Å². The first-order chi connectivity index (χ1) is 11.6. The Labute approximate surface area is 144 Å². The van der Waals surface area contributed by atoms with Crippen LogP contribution in [0.3, 0.4) is 0 Å². The van der Waals surface area contributed by atoms with Gasteiger partial charge in [0, 0.05) is 6.04 Å². The second kappa shape index (κ2) is 7.22. The van der Waals surface area contributed by atoms with Gasteiger partial charge in [0.2, 0.25) is 0 Å². The zero-order valence-electron chi connectivity index (χ0n) is 14.7. The minimum atomic E-state index is -0.138. The Morgan fingerprint density at radius 1 is 1.04 bits per heavy atom. The first-order valence-electron chi connectivity index (χ1n) is 8.64. The van der Waals surface area contributed by atoms with Crippen LogP contribution in [0.25, 0.3) is 0 Å². The summed E-state index contributed by atoms with van der Waals surface area (Å²) in [6.07, 6.45) is 0.931. The van der Waals surface area contributed by atoms with Gasteiger partial charge in [-0.25, -0.2) is 4.39 Å². The second-order valence-electron chi connectivity index (χ2n) is 6.60. The minimum Gasteiger partial charge on any atom is -0.350 e. The summed E-state index contributed by atoms with van der Waals surface area (Å²) in [5, 5.41) is 3.23. The van der Waals surface area contributed by atoms with Crippen LogP contribution >= 0.6 is 0 Å². The average molecular weight is 327 g/mol. The average Bonchev–Trinajstić information content (AvgIpc) is 2.97. The third-order valence-electron chi connectivity index (χ3n) is 4.72. The molecule has 0 radical (unpaired) electrons. The van der Waals surface area contributed by atoms with Crippen LogP contribution in [0.15, 0.2) is 48.5 Å². The molecule has 0 saturated carbocycles. The molecule has 0 unspecified atom stereocenters. The summed E-state index contributed by atoms with van der Waals surface area (Å²) in [6.45, 7) is 5.92. The second-order valence-corrected chi connectivity index (χ2v) is 6.60. The van der Waals surface area contributed by atoms with Gasteiger partial charge in [-0.3, -0.25) is 0 Å². The van der Waals surface area contributed by atoms with E-state index >= 15 is 0 Å². The molecular weight excluding hydrogens is 301 g/mol. The van der Waals surface area contributed by atoms with Crippen LogP contribution in [0.2, 0.25) is 0 Å². The summed E-state index contributed by atoms with van der Waals surface area (Å²) in [7, 11) is 1.96. The molecule has 1 atom stereocenters. The van der Waals surface area contributed by atoms with Crippen molar-refractivity contribution in [2.45, 2.75) is 32.4 Å². The van der Waals surface area contributed by atoms with Crippen molar-refractivity contribution in [3.8, 4) is 0 Å². The summed E-state index contributed by atoms with van der Waals surface area (Å²) >= 11 is 0. The number of hydrogen-bond donors (Lipinski definition) is 1. The first-order valence-corrected chi connectivity index (χ1v) is 8.64. The van der Waals surface area contributed by atoms with Crippen molar-refractivity contribution in [1.29, 1.82) is 0 Å². The standard InChI is InChI=1S/C20H26FN3/c1-15(2)23-14-24(20-17(21)10-7-11-19(20)23)18(12-13-22-3)16-8-5-4-6-9-16/h4-11,15,18,22H,12-14H2,1-3H3/t18-/m0/s1. The number of halogens is 1. The van der Waals surface area contributed by atoms with E-state index in [1.165, 1.54) is 5.56 Å². The lowest BCUT2D eigenvalue weighted by Gasteiger charge is -2.32. The first kappa shape index (κ1) is 16.8. The van der Waals surface area contributed by atoms with Crippen LogP contribution in [0.4, 0.5) is 15.8 Å². The summed E-state index contributed by atoms with van der Waals surface area (Å²) in [5.41, 5.74) is 2.96. The molecule has 0 aromatic heterocycles. The maximum Gasteiger partial charge on any atom is 0.148 e. The Balaban J connectivity index is 2.03. The molecule has 24 heavy (non-hydrogen) atoms. The number of hydrogen-bond acceptors (Lipinski definition) is 3. The number of benzene rings is 2. The molecule has 4 heteroatoms. The van der Waals surface area contributed by atoms with Gasteiger partial charge in [-0.2, -0.15) is 0 Å². The zero-order valence-corrected chi connectivity index (χ0v) is 14.7. The summed E-state index contributed by atoms with van der Waals surface area (Å²) in [6, 6.07) is 16.3. The fourth-order valence-corrected chi connectivity index (χ4v) is 3.49. The van der Waals surface area contributed by atoms with Crippen molar-refractivity contribution in [2.24, 2.45) is 0 Å². The predicted octanol–water partition coefficient (Wildman–Crippen LogP) is 4.17. The largest absolute Gasteiger partial charge is 0.350 e. The number of anilines is 2. The molecule has 1 heterocycles. The van der Waals surface area contributed by atoms with Crippen LogP contribution in [-0.2, 0) is 0 Å². The van der Waals surface area contributed by atoms with E-state index in [0.717, 1.165) is 31.0 Å². The quantitative estimate of drug-likeness (QED) is 0.859. The number of fused-ring (bicyclic) bond motifs is 1. The molecule has 128 valence electrons. The van der Waals surface area contributed by atoms with E-state index in [1.54, 1.807) is 12.1 Å². The Kier molecular flexibility index (Phi) is 5.05. The van der Waals surface area contributed by atoms with E-state index < -0.39 is 0 Å². The van der Waals surface area contributed by atoms with Crippen LogP contribution in [0.5, 0.6) is 0 Å². The Morgan fingerprint density at radius 3 is 2.46 bits per heavy atom. The summed E-state index contributed by atoms with van der Waals surface area (Å²) < 4.78 is 14.7. The van der Waals surface area contributed by atoms with Crippen molar-refractivity contribution in [1.82, 2.24) is 5.32 Å². The van der Waals surface area contributed by atoms with E-state index in [1.807, 2.05) is 19.2 Å². The highest BCUT2D eigenvalue weighted by Gasteiger charge is 2.34. The van der Waals surface area contributed by atoms with Gasteiger partial charge in [0.1, 0.15) is 5.82 Å². The topological polar surface area (TPSA) is 18.5 Å². The lowest BCUT2D eigenvalue weighted by atomic mass is 10.0. The van der Waals surface area contributed by atoms with Crippen molar-refractivity contribution in [2.75, 3.05) is 30.1 Å². The van der Waals surface area contributed by atoms with Gasteiger partial charge in [-0.15, -0.1) is 0 Å². The minimum absolute atomic E-state index is 0.138. The van der Waals surface area contributed by atoms with Crippen LogP contribution < -0.4 is 15.1 Å². The Morgan fingerprint density at radius 2 is 1.79 bits per heavy atom. The van der Waals surface area contributed by atoms with E-state index in [0.29, 0.717) is 6.04 Å². The van der Waals surface area contributed by atoms with Gasteiger partial charge in [0.15, 0.2) is 0 Å². The monoisotopic (exact) mass is 327 g/mol. The zero-order chi connectivity index (χ0) is 17.1. The third-order valence-corrected chi connectivity index (χ3v) is 4.72. The van der Waals surface area contributed by atoms with Crippen molar-refractivity contribution in [3.05, 3.63) is 59.9 Å². The van der Waals surface area contributed by atoms with Crippen molar-refractivity contribution in [3.63, 3.8) is 0 Å². The number of nitrogens with zero attached hydrogens (tertiary/aromatic N) is 2. The van der Waals surface area contributed by atoms with E-state index in [-0.39, 0.29) is 11.9 Å². The molecule has 0 bridgehead atoms. The third kappa shape index (κ3) is 3.11. The molecule has 1 aliphatic rings. The van der Waals surface area contributed by atoms with Crippen LogP contribution in [-0.4, -0.2) is 26.3 Å². The molecule has 0 saturated heterocycles. The van der Waals surface area contributed by atoms with Gasteiger partial charge >= 0.3 is 0 Å². The fraction of sp³-hybridized carbons (Fsp3) is 0.400. The summed E-state index contributed by atoms with van der Waals surface area (Å²) in [4.78, 5) is 4.49. The summed E-state index contributed by atoms with van der Waals surface area (Å²) in [5.74, 6) is -0.138. The molecule has 2 aromatic rings. The Bertz CT molecular complexity index is 672. The highest BCUT2D eigenvalue weighted by Crippen LogP contribution is 2.44. The van der Waals surface area contributed by atoms with Crippen molar-refractivity contribution < 1.29 is 4.39 Å². The van der Waals surface area contributed by atoms with Gasteiger partial charge in [0.25, 0.3) is 0 Å². The molecular formula is C20H26FN3. The Hall–Kier alpha value is -2.07. The van der Waals surface area contributed by atoms with Gasteiger partial charge in [-0.05, 0) is 51.6 Å². The molecule has 0 amide bonds. The van der Waals surface area contributed by atoms with Gasteiger partial charge in [0.05, 0.1) is 24.1 Å². The molecule has 0 spiro atoms. The molecule has 1 N–H and O–H groups in total. The van der Waals surface area contributed by atoms with Gasteiger partial charge < -0.3 is 15.1 Å². The van der Waals surface area contributed by atoms with Crippen LogP contribution in [0.1, 0.15) is 31.9 Å². The maximum absolute atomic E-state index is 14.7. The number of para-hydroxylation sites is 1. The van der Waals surface area contributed by atoms with Gasteiger partial charge in [-0.1, -0.05) is 36.4 Å². The van der Waals surface area contributed by atoms with Crippen LogP contribution in [0, 0.1) is 5.82 Å². The SMILES string of the molecule is CNCC[C@@H](c1ccccc1)N1CN(C(C)C)c2cccc(F)c21. The molecule has 1 aliphatic heterocycles. The molecule has 0 aliphatic carbocycles. The molecule has 2 aromatic carbocycles. The highest BCUT2D eigenvalue weighted by molar-refractivity contribution is 5.77. The highest BCUT2D eigenvalue weighted by atomic mass is 19.1. The normalized spacial score (nSPS) is 15.0. The van der Waals surface area contributed by atoms with E-state index in [4.69, 9.17) is 0 Å². The van der Waals surface area contributed by atoms with E-state index in [2.05, 4.69) is 53.2 Å². The number of rotatable bonds is 6. The molecule has 0 fully saturated rings. The fourth-order valence-electron chi connectivity index (χ4n) is 3.49. The lowest BCUT2D eigenvalue weighted by Crippen LogP contribution is -2.38. The lowest BCUT2D eigenvalue weighted by molar-refractivity contribution is 0.541.